The Balaban J connectivity index is 1.16. The first-order chi connectivity index (χ1) is 17.5. The minimum atomic E-state index is -0.557. The van der Waals surface area contributed by atoms with Crippen molar-refractivity contribution in [1.82, 2.24) is 20.5 Å². The number of anilines is 1. The molecule has 1 aliphatic carbocycles. The van der Waals surface area contributed by atoms with Crippen LogP contribution in [0.25, 0.3) is 15.9 Å². The summed E-state index contributed by atoms with van der Waals surface area (Å²) < 4.78 is 21.6. The van der Waals surface area contributed by atoms with Crippen molar-refractivity contribution in [1.29, 1.82) is 0 Å². The minimum Gasteiger partial charge on any atom is -0.453 e. The van der Waals surface area contributed by atoms with Crippen molar-refractivity contribution in [2.45, 2.75) is 24.9 Å². The molecule has 1 saturated heterocycles. The number of ether oxygens (including phenoxy) is 1. The molecule has 0 spiro atoms. The number of hydrogen-bond acceptors (Lipinski definition) is 7. The van der Waals surface area contributed by atoms with Gasteiger partial charge in [-0.1, -0.05) is 6.08 Å². The van der Waals surface area contributed by atoms with Gasteiger partial charge in [-0.3, -0.25) is 9.88 Å². The third-order valence-electron chi connectivity index (χ3n) is 6.37. The lowest BCUT2D eigenvalue weighted by atomic mass is 10.1. The number of nitrogens with two attached hydrogens (primary N) is 1. The topological polar surface area (TPSA) is 105 Å². The van der Waals surface area contributed by atoms with Crippen molar-refractivity contribution in [3.8, 4) is 11.5 Å². The average molecular weight is 507 g/mol. The molecule has 5 N–H and O–H groups in total. The number of carbonyl (C=O) groups excluding carboxylic acids is 1. The predicted octanol–water partition coefficient (Wildman–Crippen LogP) is 4.03. The fraction of sp³-hybridized carbons (Fsp3) is 0.308. The molecule has 2 aliphatic heterocycles. The molecule has 8 nitrogen and oxygen atoms in total. The Hall–Kier alpha value is -3.47. The first-order valence-corrected chi connectivity index (χ1v) is 12.9. The number of pyridine rings is 1. The van der Waals surface area contributed by atoms with E-state index in [4.69, 9.17) is 10.5 Å². The second-order valence-corrected chi connectivity index (χ2v) is 10.5. The first-order valence-electron chi connectivity index (χ1n) is 12.1. The van der Waals surface area contributed by atoms with Crippen molar-refractivity contribution in [2.75, 3.05) is 31.5 Å². The van der Waals surface area contributed by atoms with Gasteiger partial charge in [-0.2, -0.15) is 0 Å². The molecule has 1 aromatic carbocycles. The molecule has 1 saturated carbocycles. The highest BCUT2D eigenvalue weighted by molar-refractivity contribution is 7.20. The van der Waals surface area contributed by atoms with Crippen molar-refractivity contribution < 1.29 is 13.9 Å². The normalized spacial score (nSPS) is 18.2. The Labute approximate surface area is 212 Å². The number of likely N-dealkylation sites (tertiary alicyclic amines) is 1. The molecule has 2 fully saturated rings. The van der Waals surface area contributed by atoms with Crippen molar-refractivity contribution in [3.05, 3.63) is 64.9 Å². The number of thiophene rings is 1. The van der Waals surface area contributed by atoms with E-state index in [1.54, 1.807) is 29.7 Å². The summed E-state index contributed by atoms with van der Waals surface area (Å²) in [7, 11) is 0. The Morgan fingerprint density at radius 2 is 2.08 bits per heavy atom. The number of urea groups is 1. The lowest BCUT2D eigenvalue weighted by molar-refractivity contribution is 0.165. The molecule has 2 aromatic heterocycles. The molecule has 186 valence electrons. The SMILES string of the molecule is NC1CN(CC2=CC=C(c3cc4nccc(Oc5ccc(NC(=O)NC6CC6)cc5F)c4s3)NC2)C1. The zero-order valence-corrected chi connectivity index (χ0v) is 20.4. The largest absolute Gasteiger partial charge is 0.453 e. The molecular weight excluding hydrogens is 479 g/mol. The van der Waals surface area contributed by atoms with Crippen LogP contribution in [-0.2, 0) is 0 Å². The summed E-state index contributed by atoms with van der Waals surface area (Å²) in [5.41, 5.74) is 9.39. The molecule has 3 aromatic rings. The molecule has 4 heterocycles. The summed E-state index contributed by atoms with van der Waals surface area (Å²) in [5, 5.41) is 8.97. The zero-order valence-electron chi connectivity index (χ0n) is 19.6. The Morgan fingerprint density at radius 1 is 1.22 bits per heavy atom. The van der Waals surface area contributed by atoms with Gasteiger partial charge in [0.25, 0.3) is 0 Å². The Bertz CT molecular complexity index is 1380. The van der Waals surface area contributed by atoms with Crippen LogP contribution < -0.4 is 26.4 Å². The quantitative estimate of drug-likeness (QED) is 0.386. The van der Waals surface area contributed by atoms with Gasteiger partial charge in [-0.05, 0) is 42.7 Å². The number of nitrogens with zero attached hydrogens (tertiary/aromatic N) is 2. The highest BCUT2D eigenvalue weighted by Crippen LogP contribution is 2.38. The number of aromatic nitrogens is 1. The molecule has 0 bridgehead atoms. The van der Waals surface area contributed by atoms with E-state index < -0.39 is 5.82 Å². The molecule has 6 rings (SSSR count). The second-order valence-electron chi connectivity index (χ2n) is 9.47. The van der Waals surface area contributed by atoms with E-state index in [0.717, 1.165) is 59.8 Å². The number of allylic oxidation sites excluding steroid dienone is 2. The summed E-state index contributed by atoms with van der Waals surface area (Å²) in [6.07, 6.45) is 7.88. The fourth-order valence-electron chi connectivity index (χ4n) is 4.32. The van der Waals surface area contributed by atoms with Crippen LogP contribution >= 0.6 is 11.3 Å². The molecule has 0 unspecified atom stereocenters. The third-order valence-corrected chi connectivity index (χ3v) is 7.54. The van der Waals surface area contributed by atoms with E-state index in [1.807, 2.05) is 6.07 Å². The average Bonchev–Trinajstić information content (AvgIpc) is 3.54. The maximum Gasteiger partial charge on any atom is 0.319 e. The lowest BCUT2D eigenvalue weighted by Crippen LogP contribution is -2.56. The zero-order chi connectivity index (χ0) is 24.6. The van der Waals surface area contributed by atoms with Crippen LogP contribution in [0.1, 0.15) is 17.7 Å². The van der Waals surface area contributed by atoms with Crippen LogP contribution in [0.5, 0.6) is 11.5 Å². The molecule has 0 radical (unpaired) electrons. The maximum atomic E-state index is 14.8. The molecule has 36 heavy (non-hydrogen) atoms. The van der Waals surface area contributed by atoms with E-state index in [-0.39, 0.29) is 17.8 Å². The van der Waals surface area contributed by atoms with Crippen LogP contribution in [0.15, 0.2) is 54.3 Å². The highest BCUT2D eigenvalue weighted by Gasteiger charge is 2.24. The van der Waals surface area contributed by atoms with E-state index in [2.05, 4.69) is 38.0 Å². The van der Waals surface area contributed by atoms with E-state index in [0.29, 0.717) is 17.5 Å². The number of rotatable bonds is 7. The monoisotopic (exact) mass is 506 g/mol. The van der Waals surface area contributed by atoms with Crippen LogP contribution in [0, 0.1) is 5.82 Å². The summed E-state index contributed by atoms with van der Waals surface area (Å²) in [6.45, 7) is 3.62. The standard InChI is InChI=1S/C26H27FN6O2S/c27-19-9-18(32-26(34)31-17-2-3-17)4-6-22(19)35-23-7-8-29-21-10-24(36-25(21)23)20-5-1-15(11-30-20)12-33-13-16(28)14-33/h1,4-10,16-17,30H,2-3,11-14,28H2,(H2,31,32,34). The summed E-state index contributed by atoms with van der Waals surface area (Å²) >= 11 is 1.55. The number of nitrogens with one attached hydrogen (secondary N) is 3. The van der Waals surface area contributed by atoms with E-state index in [9.17, 15) is 9.18 Å². The van der Waals surface area contributed by atoms with Crippen molar-refractivity contribution in [3.63, 3.8) is 0 Å². The number of fused-ring (bicyclic) bond motifs is 1. The molecule has 10 heteroatoms. The van der Waals surface area contributed by atoms with E-state index >= 15 is 0 Å². The number of dihydropyridines is 1. The number of benzene rings is 1. The molecule has 2 amide bonds. The van der Waals surface area contributed by atoms with Gasteiger partial charge in [0, 0.05) is 62.3 Å². The highest BCUT2D eigenvalue weighted by atomic mass is 32.1. The third kappa shape index (κ3) is 5.06. The second kappa shape index (κ2) is 9.53. The smallest absolute Gasteiger partial charge is 0.319 e. The Morgan fingerprint density at radius 3 is 2.81 bits per heavy atom. The number of halogens is 1. The number of hydrogen-bond donors (Lipinski definition) is 4. The minimum absolute atomic E-state index is 0.0823. The van der Waals surface area contributed by atoms with Gasteiger partial charge in [0.15, 0.2) is 11.6 Å². The number of amides is 2. The van der Waals surface area contributed by atoms with Gasteiger partial charge >= 0.3 is 6.03 Å². The van der Waals surface area contributed by atoms with Crippen LogP contribution in [0.4, 0.5) is 14.9 Å². The lowest BCUT2D eigenvalue weighted by Gasteiger charge is -2.37. The van der Waals surface area contributed by atoms with Gasteiger partial charge < -0.3 is 26.4 Å². The first kappa shape index (κ1) is 23.0. The molecule has 3 aliphatic rings. The van der Waals surface area contributed by atoms with Crippen molar-refractivity contribution >= 4 is 39.0 Å². The summed E-state index contributed by atoms with van der Waals surface area (Å²) in [5.74, 6) is 0.0569. The summed E-state index contributed by atoms with van der Waals surface area (Å²) in [6, 6.07) is 8.35. The molecular formula is C26H27FN6O2S. The summed E-state index contributed by atoms with van der Waals surface area (Å²) in [4.78, 5) is 19.8. The van der Waals surface area contributed by atoms with Gasteiger partial charge in [0.05, 0.1) is 20.8 Å². The van der Waals surface area contributed by atoms with Gasteiger partial charge in [0.1, 0.15) is 5.75 Å². The van der Waals surface area contributed by atoms with Crippen LogP contribution in [0.2, 0.25) is 0 Å². The maximum absolute atomic E-state index is 14.8. The van der Waals surface area contributed by atoms with Crippen molar-refractivity contribution in [2.24, 2.45) is 5.73 Å². The fourth-order valence-corrected chi connectivity index (χ4v) is 5.39. The van der Waals surface area contributed by atoms with Crippen LogP contribution in [-0.4, -0.2) is 54.2 Å². The predicted molar refractivity (Wildman–Crippen MR) is 140 cm³/mol. The van der Waals surface area contributed by atoms with E-state index in [1.165, 1.54) is 17.7 Å². The van der Waals surface area contributed by atoms with Gasteiger partial charge in [0.2, 0.25) is 0 Å². The molecule has 0 atom stereocenters. The Kier molecular flexibility index (Phi) is 6.08. The number of carbonyl (C=O) groups is 1. The van der Waals surface area contributed by atoms with Crippen LogP contribution in [0.3, 0.4) is 0 Å². The van der Waals surface area contributed by atoms with Gasteiger partial charge in [-0.15, -0.1) is 11.3 Å². The van der Waals surface area contributed by atoms with Gasteiger partial charge in [-0.25, -0.2) is 9.18 Å².